The Morgan fingerprint density at radius 1 is 1.20 bits per heavy atom. The minimum atomic E-state index is 0.0787. The number of nitrogens with zero attached hydrogens (tertiary/aromatic N) is 3. The molecule has 1 fully saturated rings. The first-order chi connectivity index (χ1) is 12.2. The molecule has 1 aromatic carbocycles. The van der Waals surface area contributed by atoms with Crippen molar-refractivity contribution in [1.29, 1.82) is 0 Å². The number of benzene rings is 1. The molecule has 1 atom stereocenters. The maximum absolute atomic E-state index is 13.0. The van der Waals surface area contributed by atoms with Gasteiger partial charge in [-0.2, -0.15) is 0 Å². The van der Waals surface area contributed by atoms with E-state index in [1.54, 1.807) is 17.5 Å². The zero-order valence-corrected chi connectivity index (χ0v) is 14.9. The largest absolute Gasteiger partial charge is 0.330 e. The lowest BCUT2D eigenvalue weighted by molar-refractivity contribution is 0.0733. The Labute approximate surface area is 151 Å². The average Bonchev–Trinajstić information content (AvgIpc) is 3.31. The van der Waals surface area contributed by atoms with Gasteiger partial charge in [0.25, 0.3) is 5.91 Å². The molecule has 1 aliphatic heterocycles. The van der Waals surface area contributed by atoms with Gasteiger partial charge in [0.15, 0.2) is 0 Å². The summed E-state index contributed by atoms with van der Waals surface area (Å²) in [6.45, 7) is 2.77. The van der Waals surface area contributed by atoms with Crippen LogP contribution < -0.4 is 0 Å². The molecule has 1 amide bonds. The topological polar surface area (TPSA) is 46.1 Å². The normalized spacial score (nSPS) is 17.0. The second kappa shape index (κ2) is 6.76. The molecule has 3 aromatic rings. The number of aromatic nitrogens is 2. The number of carbonyl (C=O) groups is 1. The lowest BCUT2D eigenvalue weighted by atomic mass is 10.1. The summed E-state index contributed by atoms with van der Waals surface area (Å²) in [6.07, 6.45) is 3.78. The molecule has 0 aliphatic carbocycles. The fourth-order valence-corrected chi connectivity index (χ4v) is 4.10. The summed E-state index contributed by atoms with van der Waals surface area (Å²) < 4.78 is 0. The van der Waals surface area contributed by atoms with Crippen LogP contribution >= 0.6 is 11.3 Å². The standard InChI is InChI=1S/C20H19N3OS/c1-14-13-25-19(22-14)15-7-9-16(10-8-15)20(24)23-12-4-6-18(23)17-5-2-3-11-21-17/h2-3,5,7-11,13,18H,4,6,12H2,1H3/t18-/m1/s1. The van der Waals surface area contributed by atoms with E-state index >= 15 is 0 Å². The van der Waals surface area contributed by atoms with Gasteiger partial charge in [0, 0.05) is 34.9 Å². The fraction of sp³-hybridized carbons (Fsp3) is 0.250. The highest BCUT2D eigenvalue weighted by Crippen LogP contribution is 2.32. The number of likely N-dealkylation sites (tertiary alicyclic amines) is 1. The molecule has 0 radical (unpaired) electrons. The minimum Gasteiger partial charge on any atom is -0.330 e. The zero-order chi connectivity index (χ0) is 17.2. The summed E-state index contributed by atoms with van der Waals surface area (Å²) in [4.78, 5) is 23.9. The van der Waals surface area contributed by atoms with Crippen LogP contribution in [-0.2, 0) is 0 Å². The quantitative estimate of drug-likeness (QED) is 0.700. The SMILES string of the molecule is Cc1csc(-c2ccc(C(=O)N3CCC[C@@H]3c3ccccn3)cc2)n1. The Kier molecular flexibility index (Phi) is 4.32. The first-order valence-corrected chi connectivity index (χ1v) is 9.35. The van der Waals surface area contributed by atoms with Crippen molar-refractivity contribution in [2.45, 2.75) is 25.8 Å². The van der Waals surface area contributed by atoms with Crippen molar-refractivity contribution >= 4 is 17.2 Å². The molecule has 4 nitrogen and oxygen atoms in total. The Hall–Kier alpha value is -2.53. The molecule has 25 heavy (non-hydrogen) atoms. The summed E-state index contributed by atoms with van der Waals surface area (Å²) in [5, 5.41) is 3.03. The molecule has 1 aliphatic rings. The van der Waals surface area contributed by atoms with Gasteiger partial charge < -0.3 is 4.90 Å². The van der Waals surface area contributed by atoms with E-state index < -0.39 is 0 Å². The van der Waals surface area contributed by atoms with Crippen molar-refractivity contribution in [2.24, 2.45) is 0 Å². The fourth-order valence-electron chi connectivity index (χ4n) is 3.30. The maximum Gasteiger partial charge on any atom is 0.254 e. The number of aryl methyl sites for hydroxylation is 1. The smallest absolute Gasteiger partial charge is 0.254 e. The summed E-state index contributed by atoms with van der Waals surface area (Å²) in [7, 11) is 0. The Morgan fingerprint density at radius 3 is 2.72 bits per heavy atom. The number of amides is 1. The molecular weight excluding hydrogens is 330 g/mol. The Morgan fingerprint density at radius 2 is 2.04 bits per heavy atom. The van der Waals surface area contributed by atoms with Gasteiger partial charge in [0.05, 0.1) is 11.7 Å². The van der Waals surface area contributed by atoms with Crippen molar-refractivity contribution in [3.05, 3.63) is 71.0 Å². The van der Waals surface area contributed by atoms with E-state index in [1.807, 2.05) is 59.7 Å². The van der Waals surface area contributed by atoms with Gasteiger partial charge in [0.2, 0.25) is 0 Å². The predicted molar refractivity (Wildman–Crippen MR) is 99.5 cm³/mol. The van der Waals surface area contributed by atoms with E-state index in [2.05, 4.69) is 9.97 Å². The first kappa shape index (κ1) is 16.0. The highest BCUT2D eigenvalue weighted by Gasteiger charge is 2.31. The van der Waals surface area contributed by atoms with E-state index in [4.69, 9.17) is 0 Å². The molecule has 126 valence electrons. The summed E-state index contributed by atoms with van der Waals surface area (Å²) in [5.74, 6) is 0.0787. The zero-order valence-electron chi connectivity index (χ0n) is 14.1. The predicted octanol–water partition coefficient (Wildman–Crippen LogP) is 4.49. The van der Waals surface area contributed by atoms with Crippen molar-refractivity contribution in [2.75, 3.05) is 6.54 Å². The van der Waals surface area contributed by atoms with E-state index in [9.17, 15) is 4.79 Å². The minimum absolute atomic E-state index is 0.0787. The van der Waals surface area contributed by atoms with Crippen LogP contribution in [0.2, 0.25) is 0 Å². The summed E-state index contributed by atoms with van der Waals surface area (Å²) in [5.41, 5.74) is 3.77. The van der Waals surface area contributed by atoms with E-state index in [1.165, 1.54) is 0 Å². The summed E-state index contributed by atoms with van der Waals surface area (Å²) in [6, 6.07) is 13.7. The second-order valence-electron chi connectivity index (χ2n) is 6.28. The molecular formula is C20H19N3OS. The van der Waals surface area contributed by atoms with Crippen LogP contribution in [0.3, 0.4) is 0 Å². The number of rotatable bonds is 3. The van der Waals surface area contributed by atoms with Crippen LogP contribution in [-0.4, -0.2) is 27.3 Å². The van der Waals surface area contributed by atoms with Gasteiger partial charge >= 0.3 is 0 Å². The van der Waals surface area contributed by atoms with Gasteiger partial charge in [-0.05, 0) is 44.0 Å². The van der Waals surface area contributed by atoms with Crippen LogP contribution in [0.1, 0.15) is 40.6 Å². The third-order valence-corrected chi connectivity index (χ3v) is 5.55. The van der Waals surface area contributed by atoms with Crippen molar-refractivity contribution in [3.8, 4) is 10.6 Å². The molecule has 3 heterocycles. The number of thiazole rings is 1. The highest BCUT2D eigenvalue weighted by atomic mass is 32.1. The number of carbonyl (C=O) groups excluding carboxylic acids is 1. The Balaban J connectivity index is 1.56. The molecule has 0 N–H and O–H groups in total. The highest BCUT2D eigenvalue weighted by molar-refractivity contribution is 7.13. The lowest BCUT2D eigenvalue weighted by Gasteiger charge is -2.24. The van der Waals surface area contributed by atoms with Crippen LogP contribution in [0, 0.1) is 6.92 Å². The summed E-state index contributed by atoms with van der Waals surface area (Å²) >= 11 is 1.63. The van der Waals surface area contributed by atoms with E-state index in [0.717, 1.165) is 46.9 Å². The van der Waals surface area contributed by atoms with E-state index in [0.29, 0.717) is 0 Å². The molecule has 0 spiro atoms. The van der Waals surface area contributed by atoms with Gasteiger partial charge in [-0.15, -0.1) is 11.3 Å². The monoisotopic (exact) mass is 349 g/mol. The van der Waals surface area contributed by atoms with Crippen molar-refractivity contribution in [1.82, 2.24) is 14.9 Å². The van der Waals surface area contributed by atoms with E-state index in [-0.39, 0.29) is 11.9 Å². The molecule has 5 heteroatoms. The van der Waals surface area contributed by atoms with Gasteiger partial charge in [-0.1, -0.05) is 18.2 Å². The first-order valence-electron chi connectivity index (χ1n) is 8.47. The van der Waals surface area contributed by atoms with Crippen LogP contribution in [0.4, 0.5) is 0 Å². The van der Waals surface area contributed by atoms with Crippen LogP contribution in [0.25, 0.3) is 10.6 Å². The molecule has 1 saturated heterocycles. The number of hydrogen-bond acceptors (Lipinski definition) is 4. The van der Waals surface area contributed by atoms with Gasteiger partial charge in [0.1, 0.15) is 5.01 Å². The molecule has 0 bridgehead atoms. The lowest BCUT2D eigenvalue weighted by Crippen LogP contribution is -2.30. The van der Waals surface area contributed by atoms with Crippen LogP contribution in [0.5, 0.6) is 0 Å². The van der Waals surface area contributed by atoms with Gasteiger partial charge in [-0.3, -0.25) is 9.78 Å². The molecule has 0 saturated carbocycles. The second-order valence-corrected chi connectivity index (χ2v) is 7.14. The Bertz CT molecular complexity index is 873. The van der Waals surface area contributed by atoms with Crippen LogP contribution in [0.15, 0.2) is 54.0 Å². The third-order valence-electron chi connectivity index (χ3n) is 4.54. The molecule has 0 unspecified atom stereocenters. The van der Waals surface area contributed by atoms with Crippen molar-refractivity contribution < 1.29 is 4.79 Å². The molecule has 2 aromatic heterocycles. The maximum atomic E-state index is 13.0. The van der Waals surface area contributed by atoms with Gasteiger partial charge in [-0.25, -0.2) is 4.98 Å². The third kappa shape index (κ3) is 3.20. The number of hydrogen-bond donors (Lipinski definition) is 0. The van der Waals surface area contributed by atoms with Crippen molar-refractivity contribution in [3.63, 3.8) is 0 Å². The number of pyridine rings is 1. The average molecular weight is 349 g/mol. The molecule has 4 rings (SSSR count).